The average molecular weight is 378 g/mol. The highest BCUT2D eigenvalue weighted by Gasteiger charge is 2.07. The van der Waals surface area contributed by atoms with E-state index in [9.17, 15) is 19.5 Å². The molecule has 6 nitrogen and oxygen atoms in total. The molecule has 0 aliphatic heterocycles. The molecule has 27 heavy (non-hydrogen) atoms. The number of hydrogen-bond acceptors (Lipinski definition) is 4. The van der Waals surface area contributed by atoms with Crippen LogP contribution >= 0.6 is 0 Å². The van der Waals surface area contributed by atoms with Crippen LogP contribution in [0.5, 0.6) is 0 Å². The van der Waals surface area contributed by atoms with Crippen molar-refractivity contribution < 1.29 is 29.3 Å². The van der Waals surface area contributed by atoms with Crippen LogP contribution in [0.25, 0.3) is 0 Å². The molecule has 0 saturated carbocycles. The summed E-state index contributed by atoms with van der Waals surface area (Å²) in [5.41, 5.74) is 2.62. The third kappa shape index (κ3) is 12.4. The number of hydrogen-bond donors (Lipinski definition) is 2. The summed E-state index contributed by atoms with van der Waals surface area (Å²) < 4.78 is 4.58. The van der Waals surface area contributed by atoms with Crippen LogP contribution in [0.1, 0.15) is 59.3 Å². The van der Waals surface area contributed by atoms with Crippen LogP contribution in [0.15, 0.2) is 46.6 Å². The fourth-order valence-electron chi connectivity index (χ4n) is 2.28. The van der Waals surface area contributed by atoms with Gasteiger partial charge >= 0.3 is 17.9 Å². The zero-order valence-corrected chi connectivity index (χ0v) is 16.6. The first-order chi connectivity index (χ1) is 12.7. The van der Waals surface area contributed by atoms with Gasteiger partial charge in [0.05, 0.1) is 7.11 Å². The van der Waals surface area contributed by atoms with Crippen LogP contribution in [-0.4, -0.2) is 35.2 Å². The van der Waals surface area contributed by atoms with Gasteiger partial charge < -0.3 is 14.9 Å². The Bertz CT molecular complexity index is 650. The van der Waals surface area contributed by atoms with Gasteiger partial charge in [-0.25, -0.2) is 14.4 Å². The van der Waals surface area contributed by atoms with Crippen molar-refractivity contribution in [3.8, 4) is 0 Å². The maximum absolute atomic E-state index is 11.3. The van der Waals surface area contributed by atoms with E-state index in [1.165, 1.54) is 26.2 Å². The Balaban J connectivity index is 4.48. The summed E-state index contributed by atoms with van der Waals surface area (Å²) in [6.45, 7) is 5.36. The molecule has 150 valence electrons. The van der Waals surface area contributed by atoms with Crippen LogP contribution in [-0.2, 0) is 19.1 Å². The van der Waals surface area contributed by atoms with Gasteiger partial charge in [-0.15, -0.1) is 0 Å². The molecule has 6 heteroatoms. The van der Waals surface area contributed by atoms with Crippen LogP contribution in [0.4, 0.5) is 0 Å². The van der Waals surface area contributed by atoms with Crippen molar-refractivity contribution in [2.45, 2.75) is 59.3 Å². The maximum atomic E-state index is 11.3. The van der Waals surface area contributed by atoms with Gasteiger partial charge in [-0.3, -0.25) is 0 Å². The van der Waals surface area contributed by atoms with Gasteiger partial charge in [-0.05, 0) is 59.3 Å². The molecule has 0 heterocycles. The molecule has 0 aromatic carbocycles. The fourth-order valence-corrected chi connectivity index (χ4v) is 2.28. The van der Waals surface area contributed by atoms with Gasteiger partial charge in [0.15, 0.2) is 0 Å². The zero-order chi connectivity index (χ0) is 20.8. The van der Waals surface area contributed by atoms with Crippen molar-refractivity contribution >= 4 is 17.9 Å². The number of methoxy groups -OCH3 is 1. The van der Waals surface area contributed by atoms with Crippen LogP contribution in [0, 0.1) is 0 Å². The molecular formula is C21H30O6. The second-order valence-corrected chi connectivity index (χ2v) is 6.41. The minimum Gasteiger partial charge on any atom is -0.478 e. The third-order valence-corrected chi connectivity index (χ3v) is 4.00. The Kier molecular flexibility index (Phi) is 12.2. The van der Waals surface area contributed by atoms with E-state index in [0.717, 1.165) is 30.4 Å². The van der Waals surface area contributed by atoms with Crippen LogP contribution in [0.3, 0.4) is 0 Å². The van der Waals surface area contributed by atoms with Gasteiger partial charge in [-0.1, -0.05) is 29.4 Å². The first kappa shape index (κ1) is 24.4. The number of carboxylic acids is 2. The lowest BCUT2D eigenvalue weighted by atomic mass is 10.0. The Morgan fingerprint density at radius 3 is 1.89 bits per heavy atom. The summed E-state index contributed by atoms with van der Waals surface area (Å²) in [5.74, 6) is -2.32. The smallest absolute Gasteiger partial charge is 0.331 e. The van der Waals surface area contributed by atoms with Crippen molar-refractivity contribution in [3.63, 3.8) is 0 Å². The fraction of sp³-hybridized carbons (Fsp3) is 0.476. The second kappa shape index (κ2) is 13.6. The number of esters is 1. The van der Waals surface area contributed by atoms with Gasteiger partial charge in [0.25, 0.3) is 0 Å². The largest absolute Gasteiger partial charge is 0.478 e. The van der Waals surface area contributed by atoms with E-state index in [2.05, 4.69) is 10.8 Å². The number of carbonyl (C=O) groups is 3. The lowest BCUT2D eigenvalue weighted by Crippen LogP contribution is -2.01. The lowest BCUT2D eigenvalue weighted by molar-refractivity contribution is -0.135. The summed E-state index contributed by atoms with van der Waals surface area (Å²) in [5, 5.41) is 18.0. The monoisotopic (exact) mass is 378 g/mol. The molecule has 0 amide bonds. The van der Waals surface area contributed by atoms with Crippen molar-refractivity contribution in [2.24, 2.45) is 0 Å². The minimum absolute atomic E-state index is 0.218. The Morgan fingerprint density at radius 1 is 0.778 bits per heavy atom. The minimum atomic E-state index is -0.992. The highest BCUT2D eigenvalue weighted by molar-refractivity contribution is 5.87. The molecule has 0 aliphatic carbocycles. The van der Waals surface area contributed by atoms with E-state index >= 15 is 0 Å². The van der Waals surface area contributed by atoms with E-state index in [1.54, 1.807) is 6.08 Å². The average Bonchev–Trinajstić information content (AvgIpc) is 2.59. The number of rotatable bonds is 12. The standard InChI is InChI=1S/C21H30O6/c1-15(8-5-10-16(2)14-19(22)27-4)9-6-12-18(21(25)26)13-7-11-17(3)20(23)24/h8,11-12,14H,5-7,9-10,13H2,1-4H3,(H,23,24)(H,25,26). The molecule has 0 aromatic heterocycles. The van der Waals surface area contributed by atoms with Crippen molar-refractivity contribution in [1.29, 1.82) is 0 Å². The number of aliphatic carboxylic acids is 2. The number of allylic oxidation sites excluding steroid dienone is 5. The SMILES string of the molecule is COC(=O)C=C(C)CCC=C(C)CCC=C(CCC=C(C)C(=O)O)C(=O)O. The molecule has 0 saturated heterocycles. The second-order valence-electron chi connectivity index (χ2n) is 6.41. The first-order valence-electron chi connectivity index (χ1n) is 8.90. The van der Waals surface area contributed by atoms with E-state index < -0.39 is 11.9 Å². The predicted octanol–water partition coefficient (Wildman–Crippen LogP) is 4.43. The van der Waals surface area contributed by atoms with E-state index in [1.807, 2.05) is 13.8 Å². The normalized spacial score (nSPS) is 13.5. The molecule has 0 aliphatic rings. The van der Waals surface area contributed by atoms with E-state index in [0.29, 0.717) is 24.8 Å². The Labute approximate surface area is 160 Å². The van der Waals surface area contributed by atoms with Gasteiger partial charge in [0.1, 0.15) is 0 Å². The van der Waals surface area contributed by atoms with Crippen LogP contribution in [0.2, 0.25) is 0 Å². The van der Waals surface area contributed by atoms with E-state index in [4.69, 9.17) is 5.11 Å². The Morgan fingerprint density at radius 2 is 1.33 bits per heavy atom. The molecule has 0 radical (unpaired) electrons. The van der Waals surface area contributed by atoms with Gasteiger partial charge in [0, 0.05) is 17.2 Å². The van der Waals surface area contributed by atoms with E-state index in [-0.39, 0.29) is 11.5 Å². The topological polar surface area (TPSA) is 101 Å². The Hall–Kier alpha value is -2.63. The molecule has 0 bridgehead atoms. The highest BCUT2D eigenvalue weighted by Crippen LogP contribution is 2.14. The van der Waals surface area contributed by atoms with Crippen LogP contribution < -0.4 is 0 Å². The molecule has 0 fully saturated rings. The number of carboxylic acid groups (broad SMARTS) is 2. The third-order valence-electron chi connectivity index (χ3n) is 4.00. The summed E-state index contributed by atoms with van der Waals surface area (Å²) in [7, 11) is 1.35. The first-order valence-corrected chi connectivity index (χ1v) is 8.90. The number of carbonyl (C=O) groups excluding carboxylic acids is 1. The van der Waals surface area contributed by atoms with Gasteiger partial charge in [-0.2, -0.15) is 0 Å². The van der Waals surface area contributed by atoms with Gasteiger partial charge in [0.2, 0.25) is 0 Å². The molecule has 0 aromatic rings. The maximum Gasteiger partial charge on any atom is 0.331 e. The summed E-state index contributed by atoms with van der Waals surface area (Å²) in [6.07, 6.45) is 10.4. The van der Waals surface area contributed by atoms with Crippen molar-refractivity contribution in [1.82, 2.24) is 0 Å². The number of ether oxygens (including phenoxy) is 1. The zero-order valence-electron chi connectivity index (χ0n) is 16.6. The molecule has 0 rings (SSSR count). The lowest BCUT2D eigenvalue weighted by Gasteiger charge is -2.03. The predicted molar refractivity (Wildman–Crippen MR) is 104 cm³/mol. The quantitative estimate of drug-likeness (QED) is 0.296. The molecule has 2 N–H and O–H groups in total. The summed E-state index contributed by atoms with van der Waals surface area (Å²) in [4.78, 5) is 33.1. The van der Waals surface area contributed by atoms with Crippen molar-refractivity contribution in [2.75, 3.05) is 7.11 Å². The summed E-state index contributed by atoms with van der Waals surface area (Å²) >= 11 is 0. The highest BCUT2D eigenvalue weighted by atomic mass is 16.5. The van der Waals surface area contributed by atoms with Crippen molar-refractivity contribution in [3.05, 3.63) is 46.6 Å². The summed E-state index contributed by atoms with van der Waals surface area (Å²) in [6, 6.07) is 0. The molecule has 0 unspecified atom stereocenters. The molecule has 0 atom stereocenters. The molecular weight excluding hydrogens is 348 g/mol. The molecule has 0 spiro atoms.